The first-order valence-corrected chi connectivity index (χ1v) is 7.17. The minimum atomic E-state index is 0.241. The lowest BCUT2D eigenvalue weighted by Crippen LogP contribution is -2.37. The second-order valence-corrected chi connectivity index (χ2v) is 5.32. The maximum Gasteiger partial charge on any atom is 0.231 e. The standard InChI is InChI=1S/C12H18ClN5O/c13-10-15-11(14-4-3-9-1-2-9)17-12(16-10)18-5-7-19-8-6-18/h9H,1-8H2,(H,14,15,16,17). The van der Waals surface area contributed by atoms with Gasteiger partial charge in [0.05, 0.1) is 13.2 Å². The third-order valence-electron chi connectivity index (χ3n) is 3.42. The first kappa shape index (κ1) is 12.9. The molecular formula is C12H18ClN5O. The highest BCUT2D eigenvalue weighted by Gasteiger charge is 2.20. The van der Waals surface area contributed by atoms with Crippen molar-refractivity contribution in [2.24, 2.45) is 5.92 Å². The van der Waals surface area contributed by atoms with Crippen molar-refractivity contribution in [2.75, 3.05) is 43.1 Å². The molecule has 0 radical (unpaired) electrons. The van der Waals surface area contributed by atoms with Gasteiger partial charge in [-0.1, -0.05) is 12.8 Å². The van der Waals surface area contributed by atoms with Gasteiger partial charge in [0.25, 0.3) is 0 Å². The lowest BCUT2D eigenvalue weighted by atomic mass is 10.3. The van der Waals surface area contributed by atoms with Crippen molar-refractivity contribution in [1.82, 2.24) is 15.0 Å². The van der Waals surface area contributed by atoms with Crippen LogP contribution in [0.2, 0.25) is 5.28 Å². The summed E-state index contributed by atoms with van der Waals surface area (Å²) in [7, 11) is 0. The van der Waals surface area contributed by atoms with E-state index in [-0.39, 0.29) is 5.28 Å². The Balaban J connectivity index is 1.63. The van der Waals surface area contributed by atoms with Crippen LogP contribution in [0.1, 0.15) is 19.3 Å². The molecule has 1 aromatic heterocycles. The van der Waals surface area contributed by atoms with Crippen molar-refractivity contribution in [3.05, 3.63) is 5.28 Å². The summed E-state index contributed by atoms with van der Waals surface area (Å²) in [4.78, 5) is 14.8. The Morgan fingerprint density at radius 1 is 1.21 bits per heavy atom. The molecule has 7 heteroatoms. The molecule has 0 atom stereocenters. The highest BCUT2D eigenvalue weighted by Crippen LogP contribution is 2.32. The molecule has 0 unspecified atom stereocenters. The number of halogens is 1. The molecular weight excluding hydrogens is 266 g/mol. The van der Waals surface area contributed by atoms with Crippen LogP contribution in [0.5, 0.6) is 0 Å². The highest BCUT2D eigenvalue weighted by atomic mass is 35.5. The second-order valence-electron chi connectivity index (χ2n) is 4.99. The average molecular weight is 284 g/mol. The number of nitrogens with one attached hydrogen (secondary N) is 1. The topological polar surface area (TPSA) is 63.2 Å². The Bertz CT molecular complexity index is 434. The summed E-state index contributed by atoms with van der Waals surface area (Å²) in [5.74, 6) is 2.10. The summed E-state index contributed by atoms with van der Waals surface area (Å²) < 4.78 is 5.32. The zero-order chi connectivity index (χ0) is 13.1. The van der Waals surface area contributed by atoms with Gasteiger partial charge in [-0.15, -0.1) is 0 Å². The molecule has 6 nitrogen and oxygen atoms in total. The van der Waals surface area contributed by atoms with Crippen LogP contribution in [0.4, 0.5) is 11.9 Å². The van der Waals surface area contributed by atoms with Gasteiger partial charge in [0, 0.05) is 19.6 Å². The molecule has 2 aliphatic rings. The summed E-state index contributed by atoms with van der Waals surface area (Å²) in [5, 5.41) is 3.47. The minimum Gasteiger partial charge on any atom is -0.378 e. The van der Waals surface area contributed by atoms with Crippen LogP contribution in [-0.2, 0) is 4.74 Å². The first-order chi connectivity index (χ1) is 9.31. The van der Waals surface area contributed by atoms with E-state index in [1.165, 1.54) is 19.3 Å². The predicted molar refractivity (Wildman–Crippen MR) is 73.7 cm³/mol. The molecule has 1 saturated carbocycles. The van der Waals surface area contributed by atoms with Gasteiger partial charge in [-0.3, -0.25) is 0 Å². The van der Waals surface area contributed by atoms with E-state index in [1.54, 1.807) is 0 Å². The molecule has 1 N–H and O–H groups in total. The molecule has 104 valence electrons. The van der Waals surface area contributed by atoms with Crippen molar-refractivity contribution >= 4 is 23.5 Å². The zero-order valence-corrected chi connectivity index (χ0v) is 11.6. The van der Waals surface area contributed by atoms with E-state index in [4.69, 9.17) is 16.3 Å². The Labute approximate surface area is 117 Å². The van der Waals surface area contributed by atoms with Gasteiger partial charge in [-0.25, -0.2) is 0 Å². The number of rotatable bonds is 5. The first-order valence-electron chi connectivity index (χ1n) is 6.79. The van der Waals surface area contributed by atoms with Crippen LogP contribution in [0, 0.1) is 5.92 Å². The number of morpholine rings is 1. The van der Waals surface area contributed by atoms with Crippen molar-refractivity contribution in [3.63, 3.8) is 0 Å². The van der Waals surface area contributed by atoms with Crippen LogP contribution in [0.25, 0.3) is 0 Å². The summed E-state index contributed by atoms with van der Waals surface area (Å²) in [6, 6.07) is 0. The van der Waals surface area contributed by atoms with E-state index in [0.29, 0.717) is 25.1 Å². The summed E-state index contributed by atoms with van der Waals surface area (Å²) in [6.45, 7) is 3.89. The SMILES string of the molecule is Clc1nc(NCCC2CC2)nc(N2CCOCC2)n1. The highest BCUT2D eigenvalue weighted by molar-refractivity contribution is 6.28. The van der Waals surface area contributed by atoms with Gasteiger partial charge in [0.15, 0.2) is 0 Å². The molecule has 1 aliphatic heterocycles. The van der Waals surface area contributed by atoms with Crippen LogP contribution < -0.4 is 10.2 Å². The largest absolute Gasteiger partial charge is 0.378 e. The average Bonchev–Trinajstić information content (AvgIpc) is 3.23. The van der Waals surface area contributed by atoms with E-state index in [0.717, 1.165) is 25.6 Å². The quantitative estimate of drug-likeness (QED) is 0.885. The van der Waals surface area contributed by atoms with E-state index in [1.807, 2.05) is 0 Å². The maximum atomic E-state index is 5.96. The maximum absolute atomic E-state index is 5.96. The Morgan fingerprint density at radius 2 is 2.00 bits per heavy atom. The normalized spacial score (nSPS) is 19.5. The number of aromatic nitrogens is 3. The van der Waals surface area contributed by atoms with Crippen molar-refractivity contribution in [1.29, 1.82) is 0 Å². The lowest BCUT2D eigenvalue weighted by Gasteiger charge is -2.26. The molecule has 2 fully saturated rings. The molecule has 0 spiro atoms. The van der Waals surface area contributed by atoms with E-state index in [2.05, 4.69) is 25.2 Å². The second kappa shape index (κ2) is 5.88. The molecule has 19 heavy (non-hydrogen) atoms. The van der Waals surface area contributed by atoms with Gasteiger partial charge in [0.1, 0.15) is 0 Å². The van der Waals surface area contributed by atoms with E-state index in [9.17, 15) is 0 Å². The lowest BCUT2D eigenvalue weighted by molar-refractivity contribution is 0.122. The Hall–Kier alpha value is -1.14. The molecule has 3 rings (SSSR count). The predicted octanol–water partition coefficient (Wildman–Crippen LogP) is 1.57. The number of nitrogens with zero attached hydrogens (tertiary/aromatic N) is 4. The Morgan fingerprint density at radius 3 is 2.74 bits per heavy atom. The monoisotopic (exact) mass is 283 g/mol. The van der Waals surface area contributed by atoms with Crippen molar-refractivity contribution in [2.45, 2.75) is 19.3 Å². The third kappa shape index (κ3) is 3.67. The minimum absolute atomic E-state index is 0.241. The summed E-state index contributed by atoms with van der Waals surface area (Å²) >= 11 is 5.96. The molecule has 1 saturated heterocycles. The zero-order valence-electron chi connectivity index (χ0n) is 10.8. The number of ether oxygens (including phenoxy) is 1. The molecule has 0 bridgehead atoms. The van der Waals surface area contributed by atoms with Crippen molar-refractivity contribution in [3.8, 4) is 0 Å². The van der Waals surface area contributed by atoms with Gasteiger partial charge >= 0.3 is 0 Å². The summed E-state index contributed by atoms with van der Waals surface area (Å²) in [5.41, 5.74) is 0. The van der Waals surface area contributed by atoms with Gasteiger partial charge in [0.2, 0.25) is 17.2 Å². The van der Waals surface area contributed by atoms with Gasteiger partial charge in [-0.2, -0.15) is 15.0 Å². The smallest absolute Gasteiger partial charge is 0.231 e. The molecule has 2 heterocycles. The van der Waals surface area contributed by atoms with Crippen LogP contribution in [0.3, 0.4) is 0 Å². The summed E-state index contributed by atoms with van der Waals surface area (Å²) in [6.07, 6.45) is 3.90. The fourth-order valence-corrected chi connectivity index (χ4v) is 2.27. The number of anilines is 2. The van der Waals surface area contributed by atoms with Gasteiger partial charge < -0.3 is 15.0 Å². The van der Waals surface area contributed by atoms with E-state index < -0.39 is 0 Å². The van der Waals surface area contributed by atoms with E-state index >= 15 is 0 Å². The van der Waals surface area contributed by atoms with Crippen LogP contribution in [-0.4, -0.2) is 47.8 Å². The number of hydrogen-bond acceptors (Lipinski definition) is 6. The molecule has 0 amide bonds. The molecule has 1 aliphatic carbocycles. The van der Waals surface area contributed by atoms with Crippen molar-refractivity contribution < 1.29 is 4.74 Å². The third-order valence-corrected chi connectivity index (χ3v) is 3.59. The fraction of sp³-hybridized carbons (Fsp3) is 0.750. The van der Waals surface area contributed by atoms with Crippen LogP contribution >= 0.6 is 11.6 Å². The molecule has 0 aromatic carbocycles. The molecule has 1 aromatic rings. The Kier molecular flexibility index (Phi) is 3.98. The van der Waals surface area contributed by atoms with Gasteiger partial charge in [-0.05, 0) is 23.9 Å². The fourth-order valence-electron chi connectivity index (χ4n) is 2.12. The van der Waals surface area contributed by atoms with Crippen LogP contribution in [0.15, 0.2) is 0 Å². The number of hydrogen-bond donors (Lipinski definition) is 1.